The molecule has 0 radical (unpaired) electrons. The number of hydrogen-bond donors (Lipinski definition) is 2. The molecule has 0 aromatic heterocycles. The molecule has 4 nitrogen and oxygen atoms in total. The minimum Gasteiger partial charge on any atom is -0.398 e. The summed E-state index contributed by atoms with van der Waals surface area (Å²) >= 11 is 0. The summed E-state index contributed by atoms with van der Waals surface area (Å²) in [5.74, 6) is -0.458. The highest BCUT2D eigenvalue weighted by atomic mass is 16.1. The van der Waals surface area contributed by atoms with Crippen LogP contribution in [-0.4, -0.2) is 17.9 Å². The average Bonchev–Trinajstić information content (AvgIpc) is 2.42. The lowest BCUT2D eigenvalue weighted by Gasteiger charge is -2.18. The van der Waals surface area contributed by atoms with E-state index in [1.807, 2.05) is 31.3 Å². The molecular weight excluding hydrogens is 250 g/mol. The molecular formula is C16H19N3O. The van der Waals surface area contributed by atoms with E-state index in [0.717, 1.165) is 18.7 Å². The standard InChI is InChI=1S/C16H19N3O/c1-19(10-12-5-3-2-4-6-12)11-14-8-7-13(16(18)20)9-15(14)17/h2-9H,10-11,17H2,1H3,(H2,18,20). The molecule has 1 amide bonds. The summed E-state index contributed by atoms with van der Waals surface area (Å²) < 4.78 is 0. The Labute approximate surface area is 119 Å². The van der Waals surface area contributed by atoms with Gasteiger partial charge in [-0.15, -0.1) is 0 Å². The van der Waals surface area contributed by atoms with E-state index in [-0.39, 0.29) is 0 Å². The predicted molar refractivity (Wildman–Crippen MR) is 81.0 cm³/mol. The van der Waals surface area contributed by atoms with Gasteiger partial charge in [-0.3, -0.25) is 9.69 Å². The van der Waals surface area contributed by atoms with Crippen LogP contribution in [0.15, 0.2) is 48.5 Å². The lowest BCUT2D eigenvalue weighted by Crippen LogP contribution is -2.18. The summed E-state index contributed by atoms with van der Waals surface area (Å²) in [6, 6.07) is 15.4. The third-order valence-corrected chi connectivity index (χ3v) is 3.17. The van der Waals surface area contributed by atoms with Gasteiger partial charge in [-0.25, -0.2) is 0 Å². The molecule has 0 fully saturated rings. The fourth-order valence-electron chi connectivity index (χ4n) is 2.13. The van der Waals surface area contributed by atoms with E-state index < -0.39 is 5.91 Å². The number of carbonyl (C=O) groups excluding carboxylic acids is 1. The molecule has 2 aromatic rings. The number of primary amides is 1. The van der Waals surface area contributed by atoms with E-state index in [4.69, 9.17) is 11.5 Å². The monoisotopic (exact) mass is 269 g/mol. The van der Waals surface area contributed by atoms with E-state index in [0.29, 0.717) is 11.3 Å². The zero-order valence-corrected chi connectivity index (χ0v) is 11.5. The number of nitrogen functional groups attached to an aromatic ring is 1. The van der Waals surface area contributed by atoms with Crippen LogP contribution < -0.4 is 11.5 Å². The molecule has 0 saturated heterocycles. The fraction of sp³-hybridized carbons (Fsp3) is 0.188. The maximum absolute atomic E-state index is 11.1. The number of rotatable bonds is 5. The Balaban J connectivity index is 2.04. The first-order chi connectivity index (χ1) is 9.56. The van der Waals surface area contributed by atoms with E-state index in [1.165, 1.54) is 5.56 Å². The quantitative estimate of drug-likeness (QED) is 0.815. The SMILES string of the molecule is CN(Cc1ccccc1)Cc1ccc(C(N)=O)cc1N. The van der Waals surface area contributed by atoms with Crippen molar-refractivity contribution >= 4 is 11.6 Å². The Bertz CT molecular complexity index is 596. The van der Waals surface area contributed by atoms with Gasteiger partial charge in [0.25, 0.3) is 0 Å². The molecule has 20 heavy (non-hydrogen) atoms. The zero-order chi connectivity index (χ0) is 14.5. The maximum atomic E-state index is 11.1. The lowest BCUT2D eigenvalue weighted by molar-refractivity contribution is 0.100. The van der Waals surface area contributed by atoms with Crippen LogP contribution in [0.3, 0.4) is 0 Å². The molecule has 0 aliphatic heterocycles. The van der Waals surface area contributed by atoms with Gasteiger partial charge in [0.2, 0.25) is 5.91 Å². The number of anilines is 1. The summed E-state index contributed by atoms with van der Waals surface area (Å²) in [5, 5.41) is 0. The zero-order valence-electron chi connectivity index (χ0n) is 11.5. The number of carbonyl (C=O) groups is 1. The number of nitrogens with zero attached hydrogens (tertiary/aromatic N) is 1. The molecule has 0 heterocycles. The topological polar surface area (TPSA) is 72.3 Å². The van der Waals surface area contributed by atoms with E-state index >= 15 is 0 Å². The van der Waals surface area contributed by atoms with Crippen molar-refractivity contribution in [3.05, 3.63) is 65.2 Å². The highest BCUT2D eigenvalue weighted by molar-refractivity contribution is 5.93. The number of benzene rings is 2. The second-order valence-corrected chi connectivity index (χ2v) is 4.94. The molecule has 0 atom stereocenters. The van der Waals surface area contributed by atoms with Crippen molar-refractivity contribution < 1.29 is 4.79 Å². The van der Waals surface area contributed by atoms with E-state index in [2.05, 4.69) is 17.0 Å². The minimum atomic E-state index is -0.458. The Morgan fingerprint density at radius 1 is 1.10 bits per heavy atom. The molecule has 0 saturated carbocycles. The first-order valence-corrected chi connectivity index (χ1v) is 6.47. The Kier molecular flexibility index (Phi) is 4.38. The lowest BCUT2D eigenvalue weighted by atomic mass is 10.1. The molecule has 0 bridgehead atoms. The number of hydrogen-bond acceptors (Lipinski definition) is 3. The van der Waals surface area contributed by atoms with E-state index in [1.54, 1.807) is 12.1 Å². The van der Waals surface area contributed by atoms with Crippen molar-refractivity contribution in [2.45, 2.75) is 13.1 Å². The van der Waals surface area contributed by atoms with Gasteiger partial charge in [0.15, 0.2) is 0 Å². The van der Waals surface area contributed by atoms with Crippen LogP contribution in [0, 0.1) is 0 Å². The predicted octanol–water partition coefficient (Wildman–Crippen LogP) is 2.00. The summed E-state index contributed by atoms with van der Waals surface area (Å²) in [6.07, 6.45) is 0. The Morgan fingerprint density at radius 3 is 2.40 bits per heavy atom. The molecule has 2 rings (SSSR count). The van der Waals surface area contributed by atoms with Crippen molar-refractivity contribution in [2.75, 3.05) is 12.8 Å². The number of nitrogens with two attached hydrogens (primary N) is 2. The van der Waals surface area contributed by atoms with Crippen LogP contribution >= 0.6 is 0 Å². The van der Waals surface area contributed by atoms with Crippen LogP contribution in [0.5, 0.6) is 0 Å². The van der Waals surface area contributed by atoms with Gasteiger partial charge in [0.05, 0.1) is 0 Å². The summed E-state index contributed by atoms with van der Waals surface area (Å²) in [7, 11) is 2.04. The molecule has 0 unspecified atom stereocenters. The fourth-order valence-corrected chi connectivity index (χ4v) is 2.13. The van der Waals surface area contributed by atoms with Crippen molar-refractivity contribution in [2.24, 2.45) is 5.73 Å². The Morgan fingerprint density at radius 2 is 1.80 bits per heavy atom. The second kappa shape index (κ2) is 6.21. The minimum absolute atomic E-state index is 0.442. The largest absolute Gasteiger partial charge is 0.398 e. The van der Waals surface area contributed by atoms with Crippen molar-refractivity contribution in [3.63, 3.8) is 0 Å². The van der Waals surface area contributed by atoms with Crippen molar-refractivity contribution in [1.82, 2.24) is 4.90 Å². The van der Waals surface area contributed by atoms with Crippen LogP contribution in [-0.2, 0) is 13.1 Å². The molecule has 104 valence electrons. The van der Waals surface area contributed by atoms with Gasteiger partial charge < -0.3 is 11.5 Å². The number of amides is 1. The van der Waals surface area contributed by atoms with E-state index in [9.17, 15) is 4.79 Å². The van der Waals surface area contributed by atoms with Gasteiger partial charge in [0.1, 0.15) is 0 Å². The maximum Gasteiger partial charge on any atom is 0.248 e. The smallest absolute Gasteiger partial charge is 0.248 e. The van der Waals surface area contributed by atoms with Gasteiger partial charge in [-0.05, 0) is 30.3 Å². The third kappa shape index (κ3) is 3.59. The highest BCUT2D eigenvalue weighted by Crippen LogP contribution is 2.17. The average molecular weight is 269 g/mol. The summed E-state index contributed by atoms with van der Waals surface area (Å²) in [5.41, 5.74) is 14.5. The third-order valence-electron chi connectivity index (χ3n) is 3.17. The first kappa shape index (κ1) is 14.1. The van der Waals surface area contributed by atoms with Crippen LogP contribution in [0.25, 0.3) is 0 Å². The van der Waals surface area contributed by atoms with Gasteiger partial charge in [-0.1, -0.05) is 36.4 Å². The van der Waals surface area contributed by atoms with Crippen molar-refractivity contribution in [3.8, 4) is 0 Å². The molecule has 0 spiro atoms. The molecule has 0 aliphatic carbocycles. The molecule has 4 N–H and O–H groups in total. The van der Waals surface area contributed by atoms with Gasteiger partial charge in [0, 0.05) is 24.3 Å². The molecule has 0 aliphatic rings. The molecule has 2 aromatic carbocycles. The Hall–Kier alpha value is -2.33. The highest BCUT2D eigenvalue weighted by Gasteiger charge is 2.07. The van der Waals surface area contributed by atoms with Crippen LogP contribution in [0.2, 0.25) is 0 Å². The molecule has 4 heteroatoms. The first-order valence-electron chi connectivity index (χ1n) is 6.47. The van der Waals surface area contributed by atoms with Gasteiger partial charge >= 0.3 is 0 Å². The van der Waals surface area contributed by atoms with Crippen LogP contribution in [0.4, 0.5) is 5.69 Å². The second-order valence-electron chi connectivity index (χ2n) is 4.94. The summed E-state index contributed by atoms with van der Waals surface area (Å²) in [4.78, 5) is 13.3. The summed E-state index contributed by atoms with van der Waals surface area (Å²) in [6.45, 7) is 1.57. The van der Waals surface area contributed by atoms with Crippen molar-refractivity contribution in [1.29, 1.82) is 0 Å². The van der Waals surface area contributed by atoms with Gasteiger partial charge in [-0.2, -0.15) is 0 Å². The van der Waals surface area contributed by atoms with Crippen LogP contribution in [0.1, 0.15) is 21.5 Å². The normalized spacial score (nSPS) is 10.7.